The van der Waals surface area contributed by atoms with E-state index in [4.69, 9.17) is 9.47 Å². The number of benzene rings is 1. The molecular formula is C23H30F2N4O6S. The number of rotatable bonds is 7. The van der Waals surface area contributed by atoms with Gasteiger partial charge in [-0.3, -0.25) is 13.9 Å². The fourth-order valence-electron chi connectivity index (χ4n) is 3.85. The summed E-state index contributed by atoms with van der Waals surface area (Å²) >= 11 is 0. The zero-order valence-electron chi connectivity index (χ0n) is 20.9. The second-order valence-corrected chi connectivity index (χ2v) is 11.3. The lowest BCUT2D eigenvalue weighted by Gasteiger charge is -2.41. The van der Waals surface area contributed by atoms with Crippen molar-refractivity contribution in [3.05, 3.63) is 35.7 Å². The summed E-state index contributed by atoms with van der Waals surface area (Å²) in [6.45, 7) is 6.43. The number of fused-ring (bicyclic) bond motifs is 1. The highest BCUT2D eigenvalue weighted by molar-refractivity contribution is 7.93. The number of anilines is 1. The number of hydrogen-bond acceptors (Lipinski definition) is 7. The SMILES string of the molecule is CC(=O)NC[C@H]1Oc2ccc(CC(=O)OC(C)(C)C)cc2N(S(=O)(=O)c2cn(C(F)F)nc2C)[C@H]1C. The third kappa shape index (κ3) is 5.94. The molecule has 3 rings (SSSR count). The molecule has 1 aromatic heterocycles. The molecule has 36 heavy (non-hydrogen) atoms. The minimum Gasteiger partial charge on any atom is -0.484 e. The van der Waals surface area contributed by atoms with E-state index in [0.717, 1.165) is 10.5 Å². The van der Waals surface area contributed by atoms with Crippen LogP contribution >= 0.6 is 0 Å². The molecule has 0 bridgehead atoms. The molecule has 10 nitrogen and oxygen atoms in total. The molecule has 1 aliphatic rings. The minimum absolute atomic E-state index is 0.0108. The highest BCUT2D eigenvalue weighted by Gasteiger charge is 2.42. The van der Waals surface area contributed by atoms with Gasteiger partial charge in [-0.05, 0) is 52.3 Å². The third-order valence-electron chi connectivity index (χ3n) is 5.38. The van der Waals surface area contributed by atoms with E-state index in [0.29, 0.717) is 5.56 Å². The number of aryl methyl sites for hydroxylation is 1. The Morgan fingerprint density at radius 3 is 2.50 bits per heavy atom. The Morgan fingerprint density at radius 1 is 1.28 bits per heavy atom. The molecule has 2 atom stereocenters. The molecule has 0 unspecified atom stereocenters. The summed E-state index contributed by atoms with van der Waals surface area (Å²) in [6.07, 6.45) is -0.118. The molecule has 1 aliphatic heterocycles. The van der Waals surface area contributed by atoms with Gasteiger partial charge in [0.05, 0.1) is 36.6 Å². The lowest BCUT2D eigenvalue weighted by Crippen LogP contribution is -2.54. The van der Waals surface area contributed by atoms with Crippen molar-refractivity contribution in [2.24, 2.45) is 0 Å². The summed E-state index contributed by atoms with van der Waals surface area (Å²) < 4.78 is 66.8. The lowest BCUT2D eigenvalue weighted by atomic mass is 10.1. The summed E-state index contributed by atoms with van der Waals surface area (Å²) in [7, 11) is -4.41. The Bertz CT molecular complexity index is 1260. The summed E-state index contributed by atoms with van der Waals surface area (Å²) in [5.74, 6) is -0.633. The molecule has 0 saturated carbocycles. The van der Waals surface area contributed by atoms with Gasteiger partial charge >= 0.3 is 12.5 Å². The van der Waals surface area contributed by atoms with Gasteiger partial charge in [-0.1, -0.05) is 6.07 Å². The van der Waals surface area contributed by atoms with Crippen molar-refractivity contribution in [3.8, 4) is 5.75 Å². The van der Waals surface area contributed by atoms with Crippen molar-refractivity contribution < 1.29 is 36.3 Å². The van der Waals surface area contributed by atoms with E-state index < -0.39 is 45.2 Å². The number of aromatic nitrogens is 2. The number of nitrogens with one attached hydrogen (secondary N) is 1. The van der Waals surface area contributed by atoms with Gasteiger partial charge in [0.15, 0.2) is 0 Å². The second kappa shape index (κ2) is 10.0. The van der Waals surface area contributed by atoms with Crippen LogP contribution < -0.4 is 14.4 Å². The smallest absolute Gasteiger partial charge is 0.333 e. The Labute approximate surface area is 208 Å². The van der Waals surface area contributed by atoms with Gasteiger partial charge in [-0.15, -0.1) is 0 Å². The Hall–Kier alpha value is -3.22. The maximum Gasteiger partial charge on any atom is 0.333 e. The molecule has 2 heterocycles. The summed E-state index contributed by atoms with van der Waals surface area (Å²) in [6, 6.07) is 3.79. The van der Waals surface area contributed by atoms with E-state index in [9.17, 15) is 26.8 Å². The minimum atomic E-state index is -4.41. The predicted molar refractivity (Wildman–Crippen MR) is 126 cm³/mol. The zero-order valence-corrected chi connectivity index (χ0v) is 21.7. The first-order valence-electron chi connectivity index (χ1n) is 11.2. The Kier molecular flexibility index (Phi) is 7.63. The monoisotopic (exact) mass is 528 g/mol. The van der Waals surface area contributed by atoms with E-state index in [1.54, 1.807) is 33.8 Å². The van der Waals surface area contributed by atoms with Crippen LogP contribution in [0.3, 0.4) is 0 Å². The number of carbonyl (C=O) groups is 2. The van der Waals surface area contributed by atoms with Crippen molar-refractivity contribution >= 4 is 27.6 Å². The topological polar surface area (TPSA) is 120 Å². The molecule has 0 fully saturated rings. The van der Waals surface area contributed by atoms with Crippen molar-refractivity contribution in [2.75, 3.05) is 10.8 Å². The van der Waals surface area contributed by atoms with E-state index >= 15 is 0 Å². The highest BCUT2D eigenvalue weighted by Crippen LogP contribution is 2.41. The van der Waals surface area contributed by atoms with Gasteiger partial charge in [-0.2, -0.15) is 13.9 Å². The van der Waals surface area contributed by atoms with E-state index in [2.05, 4.69) is 10.4 Å². The number of hydrogen-bond donors (Lipinski definition) is 1. The first kappa shape index (κ1) is 27.4. The average molecular weight is 529 g/mol. The molecular weight excluding hydrogens is 498 g/mol. The zero-order chi connectivity index (χ0) is 27.0. The second-order valence-electron chi connectivity index (χ2n) is 9.54. The van der Waals surface area contributed by atoms with E-state index in [-0.39, 0.29) is 40.7 Å². The van der Waals surface area contributed by atoms with Crippen LogP contribution in [0.2, 0.25) is 0 Å². The van der Waals surface area contributed by atoms with Gasteiger partial charge < -0.3 is 14.8 Å². The normalized spacial score (nSPS) is 18.0. The first-order chi connectivity index (χ1) is 16.6. The third-order valence-corrected chi connectivity index (χ3v) is 7.38. The number of sulfonamides is 1. The van der Waals surface area contributed by atoms with Crippen molar-refractivity contribution in [1.82, 2.24) is 15.1 Å². The maximum atomic E-state index is 13.8. The van der Waals surface area contributed by atoms with Crippen LogP contribution in [0.1, 0.15) is 52.4 Å². The van der Waals surface area contributed by atoms with Crippen LogP contribution in [-0.4, -0.2) is 54.4 Å². The standard InChI is InChI=1S/C23H30F2N4O6S/c1-13-20(12-28(27-13)22(24)25)36(32,33)29-14(2)19(11-26-15(3)30)34-18-8-7-16(9-17(18)29)10-21(31)35-23(4,5)6/h7-9,12,14,19,22H,10-11H2,1-6H3,(H,26,30)/t14-,19+/m0/s1. The fourth-order valence-corrected chi connectivity index (χ4v) is 5.69. The highest BCUT2D eigenvalue weighted by atomic mass is 32.2. The number of nitrogens with zero attached hydrogens (tertiary/aromatic N) is 3. The van der Waals surface area contributed by atoms with Gasteiger partial charge in [0.2, 0.25) is 5.91 Å². The van der Waals surface area contributed by atoms with Crippen LogP contribution in [0.15, 0.2) is 29.3 Å². The molecule has 0 radical (unpaired) electrons. The van der Waals surface area contributed by atoms with Crippen molar-refractivity contribution in [1.29, 1.82) is 0 Å². The van der Waals surface area contributed by atoms with Crippen LogP contribution in [0.25, 0.3) is 0 Å². The Morgan fingerprint density at radius 2 is 1.94 bits per heavy atom. The average Bonchev–Trinajstić information content (AvgIpc) is 3.13. The maximum absolute atomic E-state index is 13.8. The quantitative estimate of drug-likeness (QED) is 0.549. The number of alkyl halides is 2. The van der Waals surface area contributed by atoms with Crippen LogP contribution in [0, 0.1) is 6.92 Å². The molecule has 0 spiro atoms. The number of esters is 1. The number of ether oxygens (including phenoxy) is 2. The molecule has 0 saturated heterocycles. The molecule has 1 N–H and O–H groups in total. The molecule has 13 heteroatoms. The summed E-state index contributed by atoms with van der Waals surface area (Å²) in [5.41, 5.74) is -0.192. The van der Waals surface area contributed by atoms with E-state index in [1.807, 2.05) is 0 Å². The summed E-state index contributed by atoms with van der Waals surface area (Å²) in [4.78, 5) is 23.4. The van der Waals surface area contributed by atoms with Gasteiger partial charge in [0.25, 0.3) is 10.0 Å². The van der Waals surface area contributed by atoms with Crippen molar-refractivity contribution in [3.63, 3.8) is 0 Å². The van der Waals surface area contributed by atoms with Crippen molar-refractivity contribution in [2.45, 2.75) is 77.2 Å². The Balaban J connectivity index is 2.08. The fraction of sp³-hybridized carbons (Fsp3) is 0.522. The lowest BCUT2D eigenvalue weighted by molar-refractivity contribution is -0.153. The van der Waals surface area contributed by atoms with Gasteiger partial charge in [-0.25, -0.2) is 13.1 Å². The van der Waals surface area contributed by atoms with Crippen LogP contribution in [0.5, 0.6) is 5.75 Å². The number of amides is 1. The van der Waals surface area contributed by atoms with Crippen LogP contribution in [0.4, 0.5) is 14.5 Å². The molecule has 1 amide bonds. The van der Waals surface area contributed by atoms with Gasteiger partial charge in [0.1, 0.15) is 22.4 Å². The van der Waals surface area contributed by atoms with Crippen LogP contribution in [-0.2, 0) is 30.8 Å². The first-order valence-corrected chi connectivity index (χ1v) is 12.7. The molecule has 0 aliphatic carbocycles. The van der Waals surface area contributed by atoms with E-state index in [1.165, 1.54) is 26.0 Å². The largest absolute Gasteiger partial charge is 0.484 e. The molecule has 2 aromatic rings. The predicted octanol–water partition coefficient (Wildman–Crippen LogP) is 2.95. The number of carbonyl (C=O) groups excluding carboxylic acids is 2. The molecule has 198 valence electrons. The molecule has 1 aromatic carbocycles. The number of halogens is 2. The summed E-state index contributed by atoms with van der Waals surface area (Å²) in [5, 5.41) is 6.25. The van der Waals surface area contributed by atoms with Gasteiger partial charge in [0, 0.05) is 6.92 Å².